The molecule has 3 heterocycles. The molecular weight excluding hydrogens is 548 g/mol. The summed E-state index contributed by atoms with van der Waals surface area (Å²) < 4.78 is 4.92. The van der Waals surface area contributed by atoms with Gasteiger partial charge in [0.05, 0.1) is 35.8 Å². The number of allylic oxidation sites excluding steroid dienone is 1. The Morgan fingerprint density at radius 1 is 1.10 bits per heavy atom. The highest BCUT2D eigenvalue weighted by molar-refractivity contribution is 8.02. The Balaban J connectivity index is 1.51. The number of ether oxygens (including phenoxy) is 1. The zero-order chi connectivity index (χ0) is 29.7. The third-order valence-electron chi connectivity index (χ3n) is 8.84. The molecular formula is C34H40N2O5S. The Morgan fingerprint density at radius 2 is 1.79 bits per heavy atom. The van der Waals surface area contributed by atoms with Crippen LogP contribution in [0.1, 0.15) is 36.8 Å². The molecule has 2 unspecified atom stereocenters. The number of aliphatic hydroxyl groups excluding tert-OH is 1. The zero-order valence-corrected chi connectivity index (χ0v) is 24.8. The van der Waals surface area contributed by atoms with Gasteiger partial charge in [0.1, 0.15) is 6.04 Å². The van der Waals surface area contributed by atoms with Gasteiger partial charge in [0.25, 0.3) is 0 Å². The summed E-state index contributed by atoms with van der Waals surface area (Å²) in [6, 6.07) is 18.0. The van der Waals surface area contributed by atoms with Gasteiger partial charge < -0.3 is 19.6 Å². The lowest BCUT2D eigenvalue weighted by Crippen LogP contribution is -2.57. The number of hydrogen-bond acceptors (Lipinski definition) is 6. The molecule has 2 amide bonds. The van der Waals surface area contributed by atoms with Crippen LogP contribution in [0.25, 0.3) is 0 Å². The summed E-state index contributed by atoms with van der Waals surface area (Å²) in [6.07, 6.45) is 6.70. The van der Waals surface area contributed by atoms with Gasteiger partial charge in [-0.2, -0.15) is 0 Å². The largest absolute Gasteiger partial charge is 0.465 e. The van der Waals surface area contributed by atoms with Crippen LogP contribution in [-0.4, -0.2) is 74.5 Å². The molecule has 0 aliphatic carbocycles. The molecule has 1 N–H and O–H groups in total. The molecule has 0 aromatic heterocycles. The highest BCUT2D eigenvalue weighted by Crippen LogP contribution is 2.67. The number of carbonyl (C=O) groups is 3. The van der Waals surface area contributed by atoms with Gasteiger partial charge in [0.15, 0.2) is 0 Å². The second-order valence-electron chi connectivity index (χ2n) is 11.4. The number of nitrogens with zero attached hydrogens (tertiary/aromatic N) is 2. The van der Waals surface area contributed by atoms with Crippen LogP contribution in [-0.2, 0) is 32.1 Å². The second-order valence-corrected chi connectivity index (χ2v) is 13.0. The normalized spacial score (nSPS) is 26.5. The number of hydrogen-bond donors (Lipinski definition) is 1. The standard InChI is InChI=1S/C34H40N2O5S/c1-3-5-12-20-41-33(40)28-27-17-18-34(42-27)29(28)31(38)36(26(23-37)21-24-13-8-6-9-14-24)30(34)32(39)35(19-4-2)22-25-15-10-7-11-16-25/h3-4,6-11,13-16,26-30,37H,1-2,5,12,17-23H2/t26-,27-,28+,29+,30?,34?/m1/s1. The number of esters is 1. The van der Waals surface area contributed by atoms with Gasteiger partial charge in [-0.15, -0.1) is 24.9 Å². The van der Waals surface area contributed by atoms with Crippen LogP contribution in [0.5, 0.6) is 0 Å². The lowest BCUT2D eigenvalue weighted by atomic mass is 9.71. The number of carbonyl (C=O) groups excluding carboxylic acids is 3. The Kier molecular flexibility index (Phi) is 9.53. The molecule has 7 nitrogen and oxygen atoms in total. The van der Waals surface area contributed by atoms with Crippen LogP contribution in [0, 0.1) is 11.8 Å². The minimum Gasteiger partial charge on any atom is -0.465 e. The summed E-state index contributed by atoms with van der Waals surface area (Å²) in [7, 11) is 0. The van der Waals surface area contributed by atoms with E-state index in [1.165, 1.54) is 0 Å². The van der Waals surface area contributed by atoms with Crippen molar-refractivity contribution < 1.29 is 24.2 Å². The van der Waals surface area contributed by atoms with E-state index >= 15 is 0 Å². The number of fused-ring (bicyclic) bond motifs is 1. The van der Waals surface area contributed by atoms with Crippen LogP contribution < -0.4 is 0 Å². The van der Waals surface area contributed by atoms with Crippen molar-refractivity contribution in [1.82, 2.24) is 9.80 Å². The van der Waals surface area contributed by atoms with E-state index in [4.69, 9.17) is 4.74 Å². The van der Waals surface area contributed by atoms with E-state index in [0.717, 1.165) is 24.0 Å². The van der Waals surface area contributed by atoms with Crippen LogP contribution in [0.3, 0.4) is 0 Å². The van der Waals surface area contributed by atoms with Gasteiger partial charge in [-0.25, -0.2) is 0 Å². The van der Waals surface area contributed by atoms with E-state index in [9.17, 15) is 19.5 Å². The lowest BCUT2D eigenvalue weighted by Gasteiger charge is -2.39. The third-order valence-corrected chi connectivity index (χ3v) is 10.8. The van der Waals surface area contributed by atoms with Crippen molar-refractivity contribution in [3.8, 4) is 0 Å². The first kappa shape index (κ1) is 30.1. The number of rotatable bonds is 14. The fourth-order valence-electron chi connectivity index (χ4n) is 7.03. The number of unbranched alkanes of at least 4 members (excludes halogenated alkanes) is 1. The molecule has 2 aromatic rings. The molecule has 3 aliphatic rings. The van der Waals surface area contributed by atoms with Crippen molar-refractivity contribution >= 4 is 29.5 Å². The maximum Gasteiger partial charge on any atom is 0.310 e. The minimum absolute atomic E-state index is 0.0769. The van der Waals surface area contributed by atoms with Crippen molar-refractivity contribution in [3.05, 3.63) is 97.1 Å². The average Bonchev–Trinajstić information content (AvgIpc) is 3.66. The SMILES string of the molecule is C=CCCCOC(=O)[C@@H]1[C@H]2C(=O)N([C@@H](CO)Cc3ccccc3)C(C(=O)N(CC=C)Cc3ccccc3)C23CC[C@H]1S3. The number of likely N-dealkylation sites (tertiary alicyclic amines) is 1. The van der Waals surface area contributed by atoms with Gasteiger partial charge in [0, 0.05) is 18.3 Å². The van der Waals surface area contributed by atoms with Gasteiger partial charge in [0.2, 0.25) is 11.8 Å². The summed E-state index contributed by atoms with van der Waals surface area (Å²) in [5.41, 5.74) is 1.94. The first-order valence-electron chi connectivity index (χ1n) is 14.8. The molecule has 1 spiro atoms. The van der Waals surface area contributed by atoms with Crippen molar-refractivity contribution in [3.63, 3.8) is 0 Å². The maximum atomic E-state index is 14.7. The summed E-state index contributed by atoms with van der Waals surface area (Å²) in [5, 5.41) is 10.6. The fourth-order valence-corrected chi connectivity index (χ4v) is 9.22. The Hall–Kier alpha value is -3.36. The quantitative estimate of drug-likeness (QED) is 0.200. The van der Waals surface area contributed by atoms with Crippen molar-refractivity contribution in [2.75, 3.05) is 19.8 Å². The number of thioether (sulfide) groups is 1. The predicted octanol–water partition coefficient (Wildman–Crippen LogP) is 4.41. The predicted molar refractivity (Wildman–Crippen MR) is 164 cm³/mol. The number of aliphatic hydroxyl groups is 1. The Morgan fingerprint density at radius 3 is 2.43 bits per heavy atom. The highest BCUT2D eigenvalue weighted by atomic mass is 32.2. The molecule has 42 heavy (non-hydrogen) atoms. The van der Waals surface area contributed by atoms with E-state index in [0.29, 0.717) is 32.4 Å². The molecule has 0 radical (unpaired) electrons. The number of benzene rings is 2. The van der Waals surface area contributed by atoms with Crippen molar-refractivity contribution in [1.29, 1.82) is 0 Å². The zero-order valence-electron chi connectivity index (χ0n) is 24.0. The number of amides is 2. The van der Waals surface area contributed by atoms with Crippen LogP contribution in [0.4, 0.5) is 0 Å². The monoisotopic (exact) mass is 588 g/mol. The van der Waals surface area contributed by atoms with Crippen LogP contribution in [0.15, 0.2) is 86.0 Å². The van der Waals surface area contributed by atoms with E-state index in [-0.39, 0.29) is 36.2 Å². The molecule has 222 valence electrons. The smallest absolute Gasteiger partial charge is 0.310 e. The molecule has 2 bridgehead atoms. The van der Waals surface area contributed by atoms with Crippen molar-refractivity contribution in [2.24, 2.45) is 11.8 Å². The van der Waals surface area contributed by atoms with E-state index < -0.39 is 28.7 Å². The summed E-state index contributed by atoms with van der Waals surface area (Å²) >= 11 is 1.62. The van der Waals surface area contributed by atoms with Gasteiger partial charge >= 0.3 is 5.97 Å². The summed E-state index contributed by atoms with van der Waals surface area (Å²) in [4.78, 5) is 46.0. The minimum atomic E-state index is -0.812. The van der Waals surface area contributed by atoms with Gasteiger partial charge in [-0.3, -0.25) is 14.4 Å². The highest BCUT2D eigenvalue weighted by Gasteiger charge is 2.74. The van der Waals surface area contributed by atoms with Crippen LogP contribution >= 0.6 is 11.8 Å². The Bertz CT molecular complexity index is 1290. The molecule has 5 rings (SSSR count). The molecule has 3 fully saturated rings. The van der Waals surface area contributed by atoms with E-state index in [2.05, 4.69) is 13.2 Å². The molecule has 6 atom stereocenters. The van der Waals surface area contributed by atoms with E-state index in [1.54, 1.807) is 33.7 Å². The third kappa shape index (κ3) is 5.66. The van der Waals surface area contributed by atoms with Crippen LogP contribution in [0.2, 0.25) is 0 Å². The van der Waals surface area contributed by atoms with Gasteiger partial charge in [-0.1, -0.05) is 72.8 Å². The molecule has 8 heteroatoms. The molecule has 2 aromatic carbocycles. The first-order chi connectivity index (χ1) is 20.4. The molecule has 3 aliphatic heterocycles. The molecule has 3 saturated heterocycles. The lowest BCUT2D eigenvalue weighted by molar-refractivity contribution is -0.154. The Labute approximate surface area is 252 Å². The topological polar surface area (TPSA) is 87.1 Å². The summed E-state index contributed by atoms with van der Waals surface area (Å²) in [6.45, 7) is 8.29. The fraction of sp³-hybridized carbons (Fsp3) is 0.441. The summed E-state index contributed by atoms with van der Waals surface area (Å²) in [5.74, 6) is -2.05. The molecule has 0 saturated carbocycles. The van der Waals surface area contributed by atoms with Crippen molar-refractivity contribution in [2.45, 2.75) is 60.7 Å². The maximum absolute atomic E-state index is 14.7. The van der Waals surface area contributed by atoms with E-state index in [1.807, 2.05) is 60.7 Å². The first-order valence-corrected chi connectivity index (χ1v) is 15.7. The van der Waals surface area contributed by atoms with Gasteiger partial charge in [-0.05, 0) is 43.2 Å². The average molecular weight is 589 g/mol. The second kappa shape index (κ2) is 13.3.